The van der Waals surface area contributed by atoms with Gasteiger partial charge < -0.3 is 10.5 Å². The predicted octanol–water partition coefficient (Wildman–Crippen LogP) is 3.35. The van der Waals surface area contributed by atoms with Crippen molar-refractivity contribution in [3.63, 3.8) is 0 Å². The van der Waals surface area contributed by atoms with Crippen LogP contribution >= 0.6 is 0 Å². The Morgan fingerprint density at radius 2 is 2.05 bits per heavy atom. The fraction of sp³-hybridized carbons (Fsp3) is 0.312. The highest BCUT2D eigenvalue weighted by Gasteiger charge is 2.30. The molecule has 0 saturated carbocycles. The molecule has 98 valence electrons. The van der Waals surface area contributed by atoms with E-state index < -0.39 is 0 Å². The lowest BCUT2D eigenvalue weighted by atomic mass is 9.98. The summed E-state index contributed by atoms with van der Waals surface area (Å²) < 4.78 is 5.89. The van der Waals surface area contributed by atoms with Crippen LogP contribution in [0.25, 0.3) is 11.3 Å². The van der Waals surface area contributed by atoms with E-state index in [1.165, 1.54) is 5.56 Å². The van der Waals surface area contributed by atoms with Gasteiger partial charge in [-0.1, -0.05) is 0 Å². The third kappa shape index (κ3) is 2.05. The van der Waals surface area contributed by atoms with Gasteiger partial charge in [-0.2, -0.15) is 0 Å². The second kappa shape index (κ2) is 3.98. The van der Waals surface area contributed by atoms with Crippen LogP contribution in [-0.4, -0.2) is 10.6 Å². The summed E-state index contributed by atoms with van der Waals surface area (Å²) in [6, 6.07) is 8.11. The molecular weight excluding hydrogens is 236 g/mol. The topological polar surface area (TPSA) is 48.1 Å². The van der Waals surface area contributed by atoms with Gasteiger partial charge in [0.05, 0.1) is 11.4 Å². The molecule has 0 unspecified atom stereocenters. The van der Waals surface area contributed by atoms with Crippen LogP contribution in [-0.2, 0) is 6.42 Å². The number of pyridine rings is 1. The molecule has 1 aliphatic heterocycles. The molecule has 3 heteroatoms. The standard InChI is InChI=1S/C16H18N2O/c1-10-6-7-18-15(14(10)17)11-4-5-13-12(8-11)9-16(2,3)19-13/h4-8H,9,17H2,1-3H3. The van der Waals surface area contributed by atoms with E-state index in [1.54, 1.807) is 6.20 Å². The summed E-state index contributed by atoms with van der Waals surface area (Å²) in [5, 5.41) is 0. The Kier molecular flexibility index (Phi) is 2.52. The van der Waals surface area contributed by atoms with Crippen molar-refractivity contribution < 1.29 is 4.74 Å². The Morgan fingerprint density at radius 1 is 1.26 bits per heavy atom. The van der Waals surface area contributed by atoms with E-state index in [9.17, 15) is 0 Å². The molecule has 0 saturated heterocycles. The lowest BCUT2D eigenvalue weighted by Gasteiger charge is -2.16. The lowest BCUT2D eigenvalue weighted by Crippen LogP contribution is -2.24. The first-order chi connectivity index (χ1) is 8.96. The summed E-state index contributed by atoms with van der Waals surface area (Å²) in [7, 11) is 0. The summed E-state index contributed by atoms with van der Waals surface area (Å²) >= 11 is 0. The SMILES string of the molecule is Cc1ccnc(-c2ccc3c(c2)CC(C)(C)O3)c1N. The number of ether oxygens (including phenoxy) is 1. The number of nitrogens with zero attached hydrogens (tertiary/aromatic N) is 1. The van der Waals surface area contributed by atoms with Crippen molar-refractivity contribution in [2.45, 2.75) is 32.8 Å². The van der Waals surface area contributed by atoms with Gasteiger partial charge in [0.2, 0.25) is 0 Å². The minimum Gasteiger partial charge on any atom is -0.487 e. The van der Waals surface area contributed by atoms with Crippen molar-refractivity contribution in [3.8, 4) is 17.0 Å². The first-order valence-electron chi connectivity index (χ1n) is 6.50. The number of hydrogen-bond donors (Lipinski definition) is 1. The second-order valence-electron chi connectivity index (χ2n) is 5.75. The Hall–Kier alpha value is -2.03. The third-order valence-electron chi connectivity index (χ3n) is 3.54. The molecule has 0 atom stereocenters. The Morgan fingerprint density at radius 3 is 2.84 bits per heavy atom. The smallest absolute Gasteiger partial charge is 0.123 e. The van der Waals surface area contributed by atoms with Crippen LogP contribution in [0.5, 0.6) is 5.75 Å². The van der Waals surface area contributed by atoms with Crippen LogP contribution in [0.2, 0.25) is 0 Å². The number of nitrogens with two attached hydrogens (primary N) is 1. The summed E-state index contributed by atoms with van der Waals surface area (Å²) in [5.41, 5.74) is 10.9. The van der Waals surface area contributed by atoms with Crippen molar-refractivity contribution in [1.82, 2.24) is 4.98 Å². The summed E-state index contributed by atoms with van der Waals surface area (Å²) in [6.07, 6.45) is 2.72. The molecule has 0 aliphatic carbocycles. The quantitative estimate of drug-likeness (QED) is 0.849. The number of nitrogen functional groups attached to an aromatic ring is 1. The number of benzene rings is 1. The highest BCUT2D eigenvalue weighted by Crippen LogP contribution is 2.38. The summed E-state index contributed by atoms with van der Waals surface area (Å²) in [4.78, 5) is 4.41. The van der Waals surface area contributed by atoms with Crippen LogP contribution < -0.4 is 10.5 Å². The van der Waals surface area contributed by atoms with E-state index >= 15 is 0 Å². The van der Waals surface area contributed by atoms with Gasteiger partial charge in [-0.05, 0) is 56.2 Å². The second-order valence-corrected chi connectivity index (χ2v) is 5.75. The van der Waals surface area contributed by atoms with Crippen molar-refractivity contribution >= 4 is 5.69 Å². The fourth-order valence-electron chi connectivity index (χ4n) is 2.56. The predicted molar refractivity (Wildman–Crippen MR) is 77.2 cm³/mol. The number of aryl methyl sites for hydroxylation is 1. The third-order valence-corrected chi connectivity index (χ3v) is 3.54. The Labute approximate surface area is 113 Å². The molecule has 2 aromatic rings. The number of anilines is 1. The maximum atomic E-state index is 6.12. The van der Waals surface area contributed by atoms with Crippen LogP contribution in [0.1, 0.15) is 25.0 Å². The highest BCUT2D eigenvalue weighted by atomic mass is 16.5. The summed E-state index contributed by atoms with van der Waals surface area (Å²) in [5.74, 6) is 0.972. The molecule has 2 heterocycles. The van der Waals surface area contributed by atoms with Crippen LogP contribution in [0.4, 0.5) is 5.69 Å². The molecule has 3 rings (SSSR count). The average Bonchev–Trinajstić information content (AvgIpc) is 2.65. The van der Waals surface area contributed by atoms with Crippen LogP contribution in [0.3, 0.4) is 0 Å². The summed E-state index contributed by atoms with van der Waals surface area (Å²) in [6.45, 7) is 6.21. The average molecular weight is 254 g/mol. The molecule has 1 aliphatic rings. The molecule has 1 aromatic heterocycles. The first kappa shape index (κ1) is 12.0. The minimum atomic E-state index is -0.119. The molecule has 3 nitrogen and oxygen atoms in total. The molecule has 0 amide bonds. The van der Waals surface area contributed by atoms with E-state index in [2.05, 4.69) is 24.9 Å². The lowest BCUT2D eigenvalue weighted by molar-refractivity contribution is 0.138. The molecule has 2 N–H and O–H groups in total. The highest BCUT2D eigenvalue weighted by molar-refractivity contribution is 5.75. The first-order valence-corrected chi connectivity index (χ1v) is 6.50. The molecule has 0 radical (unpaired) electrons. The zero-order chi connectivity index (χ0) is 13.6. The molecule has 0 spiro atoms. The molecule has 0 bridgehead atoms. The maximum Gasteiger partial charge on any atom is 0.123 e. The zero-order valence-corrected chi connectivity index (χ0v) is 11.5. The van der Waals surface area contributed by atoms with E-state index in [1.807, 2.05) is 25.1 Å². The van der Waals surface area contributed by atoms with Gasteiger partial charge in [-0.25, -0.2) is 0 Å². The minimum absolute atomic E-state index is 0.119. The molecule has 19 heavy (non-hydrogen) atoms. The van der Waals surface area contributed by atoms with Gasteiger partial charge in [-0.3, -0.25) is 4.98 Å². The Bertz CT molecular complexity index is 647. The van der Waals surface area contributed by atoms with E-state index in [0.717, 1.165) is 34.7 Å². The van der Waals surface area contributed by atoms with Crippen molar-refractivity contribution in [2.24, 2.45) is 0 Å². The van der Waals surface area contributed by atoms with Gasteiger partial charge in [0.15, 0.2) is 0 Å². The number of rotatable bonds is 1. The van der Waals surface area contributed by atoms with Crippen LogP contribution in [0.15, 0.2) is 30.5 Å². The van der Waals surface area contributed by atoms with Crippen molar-refractivity contribution in [2.75, 3.05) is 5.73 Å². The van der Waals surface area contributed by atoms with Crippen molar-refractivity contribution in [3.05, 3.63) is 41.6 Å². The number of hydrogen-bond acceptors (Lipinski definition) is 3. The van der Waals surface area contributed by atoms with Crippen LogP contribution in [0, 0.1) is 6.92 Å². The fourth-order valence-corrected chi connectivity index (χ4v) is 2.56. The van der Waals surface area contributed by atoms with Gasteiger partial charge in [0, 0.05) is 18.2 Å². The molecular formula is C16H18N2O. The van der Waals surface area contributed by atoms with Gasteiger partial charge in [-0.15, -0.1) is 0 Å². The van der Waals surface area contributed by atoms with E-state index in [0.29, 0.717) is 0 Å². The van der Waals surface area contributed by atoms with E-state index in [-0.39, 0.29) is 5.60 Å². The van der Waals surface area contributed by atoms with Crippen molar-refractivity contribution in [1.29, 1.82) is 0 Å². The monoisotopic (exact) mass is 254 g/mol. The largest absolute Gasteiger partial charge is 0.487 e. The zero-order valence-electron chi connectivity index (χ0n) is 11.5. The normalized spacial score (nSPS) is 15.9. The number of aromatic nitrogens is 1. The maximum absolute atomic E-state index is 6.12. The van der Waals surface area contributed by atoms with Gasteiger partial charge in [0.1, 0.15) is 11.4 Å². The Balaban J connectivity index is 2.07. The van der Waals surface area contributed by atoms with Gasteiger partial charge in [0.25, 0.3) is 0 Å². The molecule has 1 aromatic carbocycles. The number of fused-ring (bicyclic) bond motifs is 1. The molecule has 0 fully saturated rings. The van der Waals surface area contributed by atoms with Gasteiger partial charge >= 0.3 is 0 Å². The van der Waals surface area contributed by atoms with E-state index in [4.69, 9.17) is 10.5 Å².